The molecule has 0 bridgehead atoms. The fraction of sp³-hybridized carbons (Fsp3) is 0.333. The average molecular weight is 329 g/mol. The van der Waals surface area contributed by atoms with Gasteiger partial charge in [-0.1, -0.05) is 17.7 Å². The molecule has 1 aromatic carbocycles. The SMILES string of the molecule is Cc1ccc(SCCNC(=O)/C=C/c2c(C)nn(C)c2C)cc1. The largest absolute Gasteiger partial charge is 0.352 e. The van der Waals surface area contributed by atoms with Gasteiger partial charge in [0.1, 0.15) is 0 Å². The summed E-state index contributed by atoms with van der Waals surface area (Å²) in [6, 6.07) is 8.41. The lowest BCUT2D eigenvalue weighted by Crippen LogP contribution is -2.23. The summed E-state index contributed by atoms with van der Waals surface area (Å²) in [6.07, 6.45) is 3.41. The standard InChI is InChI=1S/C18H23N3OS/c1-13-5-7-16(8-6-13)23-12-11-19-18(22)10-9-17-14(2)20-21(4)15(17)3/h5-10H,11-12H2,1-4H3,(H,19,22)/b10-9+. The van der Waals surface area contributed by atoms with Gasteiger partial charge in [0.05, 0.1) is 5.69 Å². The van der Waals surface area contributed by atoms with E-state index in [-0.39, 0.29) is 5.91 Å². The Kier molecular flexibility index (Phi) is 6.04. The fourth-order valence-electron chi connectivity index (χ4n) is 2.23. The molecule has 0 spiro atoms. The highest BCUT2D eigenvalue weighted by atomic mass is 32.2. The number of amides is 1. The first kappa shape index (κ1) is 17.3. The maximum atomic E-state index is 11.9. The summed E-state index contributed by atoms with van der Waals surface area (Å²) in [6.45, 7) is 6.66. The second-order valence-electron chi connectivity index (χ2n) is 5.49. The minimum Gasteiger partial charge on any atom is -0.352 e. The van der Waals surface area contributed by atoms with Crippen LogP contribution in [0.25, 0.3) is 6.08 Å². The van der Waals surface area contributed by atoms with Crippen LogP contribution in [0.5, 0.6) is 0 Å². The summed E-state index contributed by atoms with van der Waals surface area (Å²) in [4.78, 5) is 13.1. The predicted octanol–water partition coefficient (Wildman–Crippen LogP) is 3.27. The van der Waals surface area contributed by atoms with Crippen molar-refractivity contribution in [2.75, 3.05) is 12.3 Å². The molecule has 1 amide bonds. The van der Waals surface area contributed by atoms with Gasteiger partial charge in [-0.2, -0.15) is 5.10 Å². The topological polar surface area (TPSA) is 46.9 Å². The zero-order valence-corrected chi connectivity index (χ0v) is 14.9. The first-order valence-electron chi connectivity index (χ1n) is 7.63. The number of aryl methyl sites for hydroxylation is 3. The highest BCUT2D eigenvalue weighted by Crippen LogP contribution is 2.17. The summed E-state index contributed by atoms with van der Waals surface area (Å²) in [5, 5.41) is 7.24. The molecule has 0 unspecified atom stereocenters. The van der Waals surface area contributed by atoms with Crippen LogP contribution in [0.15, 0.2) is 35.2 Å². The van der Waals surface area contributed by atoms with E-state index in [0.29, 0.717) is 6.54 Å². The number of nitrogens with one attached hydrogen (secondary N) is 1. The van der Waals surface area contributed by atoms with Crippen LogP contribution in [0.1, 0.15) is 22.5 Å². The molecule has 1 aromatic heterocycles. The molecular weight excluding hydrogens is 306 g/mol. The van der Waals surface area contributed by atoms with Gasteiger partial charge >= 0.3 is 0 Å². The average Bonchev–Trinajstić information content (AvgIpc) is 2.76. The van der Waals surface area contributed by atoms with Crippen molar-refractivity contribution in [3.8, 4) is 0 Å². The van der Waals surface area contributed by atoms with E-state index in [1.54, 1.807) is 17.8 Å². The first-order chi connectivity index (χ1) is 11.0. The molecule has 0 saturated heterocycles. The minimum atomic E-state index is -0.0721. The molecular formula is C18H23N3OS. The monoisotopic (exact) mass is 329 g/mol. The summed E-state index contributed by atoms with van der Waals surface area (Å²) < 4.78 is 1.82. The van der Waals surface area contributed by atoms with Crippen molar-refractivity contribution in [3.05, 3.63) is 52.9 Å². The van der Waals surface area contributed by atoms with E-state index in [1.807, 2.05) is 31.7 Å². The van der Waals surface area contributed by atoms with Gasteiger partial charge in [0.15, 0.2) is 0 Å². The van der Waals surface area contributed by atoms with Crippen molar-refractivity contribution in [3.63, 3.8) is 0 Å². The summed E-state index contributed by atoms with van der Waals surface area (Å²) in [5.74, 6) is 0.783. The van der Waals surface area contributed by atoms with E-state index in [1.165, 1.54) is 10.5 Å². The fourth-order valence-corrected chi connectivity index (χ4v) is 3.00. The molecule has 0 fully saturated rings. The van der Waals surface area contributed by atoms with E-state index in [2.05, 4.69) is 41.6 Å². The molecule has 1 N–H and O–H groups in total. The number of carbonyl (C=O) groups excluding carboxylic acids is 1. The number of hydrogen-bond donors (Lipinski definition) is 1. The van der Waals surface area contributed by atoms with Gasteiger partial charge in [-0.05, 0) is 39.0 Å². The minimum absolute atomic E-state index is 0.0721. The Morgan fingerprint density at radius 3 is 2.57 bits per heavy atom. The van der Waals surface area contributed by atoms with Gasteiger partial charge in [-0.3, -0.25) is 9.48 Å². The number of thioether (sulfide) groups is 1. The van der Waals surface area contributed by atoms with Crippen LogP contribution in [-0.2, 0) is 11.8 Å². The molecule has 0 atom stereocenters. The van der Waals surface area contributed by atoms with Crippen molar-refractivity contribution in [2.45, 2.75) is 25.7 Å². The van der Waals surface area contributed by atoms with Crippen LogP contribution in [0.3, 0.4) is 0 Å². The molecule has 0 saturated carbocycles. The number of hydrogen-bond acceptors (Lipinski definition) is 3. The molecule has 0 radical (unpaired) electrons. The maximum absolute atomic E-state index is 11.9. The lowest BCUT2D eigenvalue weighted by atomic mass is 10.2. The van der Waals surface area contributed by atoms with Crippen molar-refractivity contribution < 1.29 is 4.79 Å². The van der Waals surface area contributed by atoms with Crippen LogP contribution < -0.4 is 5.32 Å². The van der Waals surface area contributed by atoms with E-state index < -0.39 is 0 Å². The van der Waals surface area contributed by atoms with Crippen LogP contribution in [-0.4, -0.2) is 28.0 Å². The van der Waals surface area contributed by atoms with E-state index >= 15 is 0 Å². The Morgan fingerprint density at radius 1 is 1.26 bits per heavy atom. The van der Waals surface area contributed by atoms with Gasteiger partial charge in [-0.25, -0.2) is 0 Å². The third kappa shape index (κ3) is 4.99. The van der Waals surface area contributed by atoms with Gasteiger partial charge in [0.2, 0.25) is 5.91 Å². The Morgan fingerprint density at radius 2 is 1.96 bits per heavy atom. The van der Waals surface area contributed by atoms with Crippen LogP contribution in [0.2, 0.25) is 0 Å². The lowest BCUT2D eigenvalue weighted by Gasteiger charge is -2.03. The molecule has 2 rings (SSSR count). The third-order valence-electron chi connectivity index (χ3n) is 3.66. The van der Waals surface area contributed by atoms with E-state index in [4.69, 9.17) is 0 Å². The Bertz CT molecular complexity index is 702. The molecule has 122 valence electrons. The maximum Gasteiger partial charge on any atom is 0.244 e. The normalized spacial score (nSPS) is 11.1. The summed E-state index contributed by atoms with van der Waals surface area (Å²) in [7, 11) is 1.90. The highest BCUT2D eigenvalue weighted by Gasteiger charge is 2.06. The second kappa shape index (κ2) is 8.02. The molecule has 0 aliphatic rings. The Hall–Kier alpha value is -2.01. The number of aromatic nitrogens is 2. The highest BCUT2D eigenvalue weighted by molar-refractivity contribution is 7.99. The Balaban J connectivity index is 1.76. The Labute approximate surface area is 142 Å². The van der Waals surface area contributed by atoms with Crippen LogP contribution >= 0.6 is 11.8 Å². The van der Waals surface area contributed by atoms with Crippen molar-refractivity contribution in [1.29, 1.82) is 0 Å². The molecule has 23 heavy (non-hydrogen) atoms. The summed E-state index contributed by atoms with van der Waals surface area (Å²) in [5.41, 5.74) is 4.26. The summed E-state index contributed by atoms with van der Waals surface area (Å²) >= 11 is 1.74. The first-order valence-corrected chi connectivity index (χ1v) is 8.61. The molecule has 4 nitrogen and oxygen atoms in total. The molecule has 0 aliphatic carbocycles. The van der Waals surface area contributed by atoms with E-state index in [9.17, 15) is 4.79 Å². The van der Waals surface area contributed by atoms with Gasteiger partial charge in [-0.15, -0.1) is 11.8 Å². The van der Waals surface area contributed by atoms with Crippen LogP contribution in [0.4, 0.5) is 0 Å². The molecule has 0 aliphatic heterocycles. The second-order valence-corrected chi connectivity index (χ2v) is 6.66. The van der Waals surface area contributed by atoms with E-state index in [0.717, 1.165) is 22.7 Å². The third-order valence-corrected chi connectivity index (χ3v) is 4.67. The molecule has 5 heteroatoms. The van der Waals surface area contributed by atoms with Crippen molar-refractivity contribution in [1.82, 2.24) is 15.1 Å². The number of benzene rings is 1. The van der Waals surface area contributed by atoms with Crippen molar-refractivity contribution >= 4 is 23.7 Å². The smallest absolute Gasteiger partial charge is 0.244 e. The number of carbonyl (C=O) groups is 1. The zero-order chi connectivity index (χ0) is 16.8. The lowest BCUT2D eigenvalue weighted by molar-refractivity contribution is -0.116. The van der Waals surface area contributed by atoms with Crippen molar-refractivity contribution in [2.24, 2.45) is 7.05 Å². The quantitative estimate of drug-likeness (QED) is 0.503. The molecule has 1 heterocycles. The number of rotatable bonds is 6. The predicted molar refractivity (Wildman–Crippen MR) is 96.6 cm³/mol. The molecule has 2 aromatic rings. The zero-order valence-electron chi connectivity index (χ0n) is 14.1. The van der Waals surface area contributed by atoms with Gasteiger partial charge in [0.25, 0.3) is 0 Å². The van der Waals surface area contributed by atoms with Gasteiger partial charge < -0.3 is 5.32 Å². The van der Waals surface area contributed by atoms with Gasteiger partial charge in [0, 0.05) is 41.6 Å². The van der Waals surface area contributed by atoms with Crippen LogP contribution in [0, 0.1) is 20.8 Å². The number of nitrogens with zero attached hydrogens (tertiary/aromatic N) is 2.